The largest absolute Gasteiger partial charge is 0.326 e. The number of amides is 1. The molecule has 1 heterocycles. The lowest BCUT2D eigenvalue weighted by atomic mass is 10.1. The maximum Gasteiger partial charge on any atom is 0.243 e. The Bertz CT molecular complexity index is 969. The molecule has 1 N–H and O–H groups in total. The molecular weight excluding hydrogens is 410 g/mol. The smallest absolute Gasteiger partial charge is 0.243 e. The molecule has 0 aliphatic carbocycles. The number of nitrogens with zero attached hydrogens (tertiary/aromatic N) is 2. The number of carbonyl (C=O) groups excluding carboxylic acids is 1. The highest BCUT2D eigenvalue weighted by molar-refractivity contribution is 7.89. The lowest BCUT2D eigenvalue weighted by Crippen LogP contribution is -2.47. The fourth-order valence-corrected chi connectivity index (χ4v) is 5.05. The van der Waals surface area contributed by atoms with E-state index in [9.17, 15) is 13.2 Å². The number of piperazine rings is 1. The average Bonchev–Trinajstić information content (AvgIpc) is 2.69. The van der Waals surface area contributed by atoms with E-state index in [1.807, 2.05) is 19.2 Å². The van der Waals surface area contributed by atoms with Crippen LogP contribution in [-0.2, 0) is 21.2 Å². The van der Waals surface area contributed by atoms with Crippen LogP contribution < -0.4 is 5.32 Å². The van der Waals surface area contributed by atoms with E-state index in [-0.39, 0.29) is 10.8 Å². The molecule has 2 aromatic carbocycles. The molecule has 0 radical (unpaired) electrons. The highest BCUT2D eigenvalue weighted by Gasteiger charge is 2.29. The van der Waals surface area contributed by atoms with E-state index in [2.05, 4.69) is 10.2 Å². The number of sulfonamides is 1. The number of anilines is 1. The predicted molar refractivity (Wildman–Crippen MR) is 116 cm³/mol. The first-order valence-electron chi connectivity index (χ1n) is 9.59. The van der Waals surface area contributed by atoms with Crippen molar-refractivity contribution in [2.24, 2.45) is 0 Å². The minimum absolute atomic E-state index is 0.160. The van der Waals surface area contributed by atoms with Crippen LogP contribution in [0.1, 0.15) is 17.5 Å². The maximum atomic E-state index is 13.1. The molecule has 1 aliphatic heterocycles. The van der Waals surface area contributed by atoms with Crippen molar-refractivity contribution in [1.82, 2.24) is 9.21 Å². The third-order valence-electron chi connectivity index (χ3n) is 5.11. The molecule has 6 nitrogen and oxygen atoms in total. The molecular formula is C21H26ClN3O3S. The molecule has 1 amide bonds. The van der Waals surface area contributed by atoms with E-state index in [1.165, 1.54) is 4.31 Å². The number of carbonyl (C=O) groups is 1. The monoisotopic (exact) mass is 435 g/mol. The Morgan fingerprint density at radius 1 is 1.07 bits per heavy atom. The van der Waals surface area contributed by atoms with Gasteiger partial charge in [0, 0.05) is 43.3 Å². The second kappa shape index (κ2) is 9.26. The Kier molecular flexibility index (Phi) is 6.95. The van der Waals surface area contributed by atoms with Crippen molar-refractivity contribution in [3.63, 3.8) is 0 Å². The number of likely N-dealkylation sites (N-methyl/N-ethyl adjacent to an activating group) is 1. The number of rotatable bonds is 6. The molecule has 0 aromatic heterocycles. The van der Waals surface area contributed by atoms with Crippen LogP contribution in [0, 0.1) is 6.92 Å². The molecule has 8 heteroatoms. The van der Waals surface area contributed by atoms with Crippen molar-refractivity contribution < 1.29 is 13.2 Å². The van der Waals surface area contributed by atoms with Crippen molar-refractivity contribution in [3.05, 3.63) is 58.6 Å². The Balaban J connectivity index is 1.68. The van der Waals surface area contributed by atoms with Gasteiger partial charge >= 0.3 is 0 Å². The summed E-state index contributed by atoms with van der Waals surface area (Å²) in [5.41, 5.74) is 2.18. The van der Waals surface area contributed by atoms with E-state index in [0.29, 0.717) is 55.3 Å². The zero-order valence-electron chi connectivity index (χ0n) is 16.7. The summed E-state index contributed by atoms with van der Waals surface area (Å²) in [7, 11) is -1.61. The zero-order chi connectivity index (χ0) is 21.0. The Labute approximate surface area is 177 Å². The van der Waals surface area contributed by atoms with Crippen LogP contribution >= 0.6 is 11.6 Å². The fourth-order valence-electron chi connectivity index (χ4n) is 3.26. The average molecular weight is 436 g/mol. The number of hydrogen-bond acceptors (Lipinski definition) is 4. The van der Waals surface area contributed by atoms with Crippen LogP contribution in [0.2, 0.25) is 5.02 Å². The molecule has 0 bridgehead atoms. The number of halogens is 1. The first-order chi connectivity index (χ1) is 13.8. The number of benzene rings is 2. The van der Waals surface area contributed by atoms with Gasteiger partial charge in [-0.15, -0.1) is 0 Å². The van der Waals surface area contributed by atoms with E-state index in [4.69, 9.17) is 11.6 Å². The van der Waals surface area contributed by atoms with Gasteiger partial charge in [-0.25, -0.2) is 8.42 Å². The topological polar surface area (TPSA) is 69.7 Å². The van der Waals surface area contributed by atoms with E-state index in [1.54, 1.807) is 37.3 Å². The number of hydrogen-bond donors (Lipinski definition) is 1. The summed E-state index contributed by atoms with van der Waals surface area (Å²) >= 11 is 5.88. The molecule has 2 aromatic rings. The molecule has 1 aliphatic rings. The van der Waals surface area contributed by atoms with Gasteiger partial charge in [-0.2, -0.15) is 4.31 Å². The van der Waals surface area contributed by atoms with Gasteiger partial charge in [-0.05, 0) is 55.8 Å². The van der Waals surface area contributed by atoms with Crippen molar-refractivity contribution in [3.8, 4) is 0 Å². The number of aryl methyl sites for hydroxylation is 2. The van der Waals surface area contributed by atoms with Gasteiger partial charge in [0.1, 0.15) is 0 Å². The SMILES string of the molecule is Cc1ccc(NC(=O)CCc2ccc(Cl)cc2)cc1S(=O)(=O)N1CCN(C)CC1. The van der Waals surface area contributed by atoms with Crippen molar-refractivity contribution in [1.29, 1.82) is 0 Å². The Morgan fingerprint density at radius 3 is 2.38 bits per heavy atom. The van der Waals surface area contributed by atoms with Crippen LogP contribution in [0.5, 0.6) is 0 Å². The fraction of sp³-hybridized carbons (Fsp3) is 0.381. The third-order valence-corrected chi connectivity index (χ3v) is 7.40. The first kappa shape index (κ1) is 21.8. The third kappa shape index (κ3) is 5.57. The quantitative estimate of drug-likeness (QED) is 0.756. The van der Waals surface area contributed by atoms with Gasteiger partial charge in [0.25, 0.3) is 0 Å². The summed E-state index contributed by atoms with van der Waals surface area (Å²) in [5.74, 6) is -0.160. The van der Waals surface area contributed by atoms with Crippen molar-refractivity contribution in [2.75, 3.05) is 38.5 Å². The van der Waals surface area contributed by atoms with Crippen LogP contribution in [0.4, 0.5) is 5.69 Å². The lowest BCUT2D eigenvalue weighted by Gasteiger charge is -2.32. The zero-order valence-corrected chi connectivity index (χ0v) is 18.3. The van der Waals surface area contributed by atoms with Crippen LogP contribution in [0.15, 0.2) is 47.4 Å². The highest BCUT2D eigenvalue weighted by atomic mass is 35.5. The van der Waals surface area contributed by atoms with Gasteiger partial charge in [0.05, 0.1) is 4.90 Å². The van der Waals surface area contributed by atoms with Crippen LogP contribution in [-0.4, -0.2) is 56.8 Å². The highest BCUT2D eigenvalue weighted by Crippen LogP contribution is 2.24. The molecule has 3 rings (SSSR count). The molecule has 0 unspecified atom stereocenters. The lowest BCUT2D eigenvalue weighted by molar-refractivity contribution is -0.116. The number of nitrogens with one attached hydrogen (secondary N) is 1. The van der Waals surface area contributed by atoms with E-state index < -0.39 is 10.0 Å². The minimum atomic E-state index is -3.59. The summed E-state index contributed by atoms with van der Waals surface area (Å²) in [6.07, 6.45) is 0.886. The van der Waals surface area contributed by atoms with Gasteiger partial charge in [-0.3, -0.25) is 4.79 Å². The van der Waals surface area contributed by atoms with Crippen LogP contribution in [0.3, 0.4) is 0 Å². The van der Waals surface area contributed by atoms with Crippen molar-refractivity contribution >= 4 is 33.2 Å². The van der Waals surface area contributed by atoms with Gasteiger partial charge in [-0.1, -0.05) is 29.8 Å². The molecule has 156 valence electrons. The molecule has 29 heavy (non-hydrogen) atoms. The summed E-state index contributed by atoms with van der Waals surface area (Å²) < 4.78 is 27.7. The molecule has 1 fully saturated rings. The van der Waals surface area contributed by atoms with E-state index >= 15 is 0 Å². The summed E-state index contributed by atoms with van der Waals surface area (Å²) in [6.45, 7) is 4.12. The van der Waals surface area contributed by atoms with E-state index in [0.717, 1.165) is 5.56 Å². The van der Waals surface area contributed by atoms with Gasteiger partial charge < -0.3 is 10.2 Å². The molecule has 0 saturated carbocycles. The Hall–Kier alpha value is -1.93. The molecule has 0 spiro atoms. The summed E-state index contributed by atoms with van der Waals surface area (Å²) in [5, 5.41) is 3.48. The van der Waals surface area contributed by atoms with Gasteiger partial charge in [0.15, 0.2) is 0 Å². The maximum absolute atomic E-state index is 13.1. The summed E-state index contributed by atoms with van der Waals surface area (Å²) in [6, 6.07) is 12.4. The summed E-state index contributed by atoms with van der Waals surface area (Å²) in [4.78, 5) is 14.7. The second-order valence-corrected chi connectivity index (χ2v) is 9.71. The second-order valence-electron chi connectivity index (χ2n) is 7.36. The normalized spacial score (nSPS) is 16.0. The Morgan fingerprint density at radius 2 is 1.72 bits per heavy atom. The van der Waals surface area contributed by atoms with Crippen LogP contribution in [0.25, 0.3) is 0 Å². The first-order valence-corrected chi connectivity index (χ1v) is 11.4. The van der Waals surface area contributed by atoms with Crippen molar-refractivity contribution in [2.45, 2.75) is 24.7 Å². The standard InChI is InChI=1S/C21H26ClN3O3S/c1-16-3-9-19(23-21(26)10-6-17-4-7-18(22)8-5-17)15-20(16)29(27,28)25-13-11-24(2)12-14-25/h3-5,7-9,15H,6,10-14H2,1-2H3,(H,23,26). The molecule has 0 atom stereocenters. The minimum Gasteiger partial charge on any atom is -0.326 e. The van der Waals surface area contributed by atoms with Gasteiger partial charge in [0.2, 0.25) is 15.9 Å². The molecule has 1 saturated heterocycles. The predicted octanol–water partition coefficient (Wildman–Crippen LogP) is 3.16.